The Bertz CT molecular complexity index is 866. The van der Waals surface area contributed by atoms with Crippen LogP contribution in [0, 0.1) is 13.8 Å². The topological polar surface area (TPSA) is 54.0 Å². The Hall–Kier alpha value is -1.87. The molecule has 0 fully saturated rings. The average molecular weight is 472 g/mol. The van der Waals surface area contributed by atoms with Crippen molar-refractivity contribution in [3.63, 3.8) is 0 Å². The summed E-state index contributed by atoms with van der Waals surface area (Å²) >= 11 is 2.96. The van der Waals surface area contributed by atoms with Gasteiger partial charge >= 0.3 is 12.2 Å². The minimum absolute atomic E-state index is 0.0144. The molecule has 0 aliphatic carbocycles. The van der Waals surface area contributed by atoms with Crippen LogP contribution in [-0.4, -0.2) is 36.2 Å². The average Bonchev–Trinajstić information content (AvgIpc) is 2.70. The van der Waals surface area contributed by atoms with Crippen LogP contribution in [0.4, 0.5) is 23.7 Å². The van der Waals surface area contributed by atoms with Crippen LogP contribution in [0.1, 0.15) is 42.0 Å². The highest BCUT2D eigenvalue weighted by molar-refractivity contribution is 7.99. The van der Waals surface area contributed by atoms with Crippen molar-refractivity contribution >= 4 is 35.2 Å². The highest BCUT2D eigenvalue weighted by Crippen LogP contribution is 2.33. The normalized spacial score (nSPS) is 12.5. The Morgan fingerprint density at radius 1 is 1.16 bits per heavy atom. The van der Waals surface area contributed by atoms with Gasteiger partial charge in [-0.1, -0.05) is 29.8 Å². The molecule has 0 aliphatic heterocycles. The molecule has 1 aromatic carbocycles. The number of alkyl halides is 3. The van der Waals surface area contributed by atoms with Gasteiger partial charge in [-0.15, -0.1) is 23.5 Å². The predicted octanol–water partition coefficient (Wildman–Crippen LogP) is 6.78. The molecule has 0 radical (unpaired) electrons. The predicted molar refractivity (Wildman–Crippen MR) is 123 cm³/mol. The van der Waals surface area contributed by atoms with Gasteiger partial charge in [0.1, 0.15) is 5.03 Å². The lowest BCUT2D eigenvalue weighted by Crippen LogP contribution is -2.33. The first-order chi connectivity index (χ1) is 14.6. The second kappa shape index (κ2) is 11.7. The number of carbonyl (C=O) groups excluding carboxylic acids is 1. The molecule has 1 aromatic heterocycles. The van der Waals surface area contributed by atoms with Crippen molar-refractivity contribution in [3.8, 4) is 0 Å². The number of amides is 2. The van der Waals surface area contributed by atoms with Gasteiger partial charge in [0.25, 0.3) is 0 Å². The van der Waals surface area contributed by atoms with Crippen molar-refractivity contribution in [2.45, 2.75) is 55.1 Å². The van der Waals surface area contributed by atoms with Crippen LogP contribution in [0.2, 0.25) is 0 Å². The number of anilines is 1. The first-order valence-corrected chi connectivity index (χ1v) is 12.4. The third-order valence-corrected chi connectivity index (χ3v) is 6.21. The molecule has 1 atom stereocenters. The maximum absolute atomic E-state index is 12.6. The Morgan fingerprint density at radius 3 is 2.52 bits per heavy atom. The number of benzene rings is 1. The van der Waals surface area contributed by atoms with Crippen LogP contribution >= 0.6 is 23.5 Å². The Kier molecular flexibility index (Phi) is 9.55. The highest BCUT2D eigenvalue weighted by atomic mass is 32.2. The van der Waals surface area contributed by atoms with Gasteiger partial charge in [0.2, 0.25) is 0 Å². The minimum atomic E-state index is -4.18. The summed E-state index contributed by atoms with van der Waals surface area (Å²) < 4.78 is 37.8. The van der Waals surface area contributed by atoms with Crippen molar-refractivity contribution in [3.05, 3.63) is 47.2 Å². The molecule has 0 spiro atoms. The summed E-state index contributed by atoms with van der Waals surface area (Å²) in [7, 11) is 0. The molecule has 2 N–H and O–H groups in total. The lowest BCUT2D eigenvalue weighted by molar-refractivity contribution is -0.135. The largest absolute Gasteiger partial charge is 0.389 e. The summed E-state index contributed by atoms with van der Waals surface area (Å²) in [6.45, 7) is 4.08. The minimum Gasteiger partial charge on any atom is -0.337 e. The van der Waals surface area contributed by atoms with Crippen molar-refractivity contribution in [2.24, 2.45) is 0 Å². The molecule has 0 saturated heterocycles. The molecule has 4 nitrogen and oxygen atoms in total. The number of halogens is 3. The van der Waals surface area contributed by atoms with E-state index >= 15 is 0 Å². The quantitative estimate of drug-likeness (QED) is 0.396. The number of nitrogens with one attached hydrogen (secondary N) is 2. The lowest BCUT2D eigenvalue weighted by atomic mass is 9.92. The summed E-state index contributed by atoms with van der Waals surface area (Å²) in [5, 5.41) is 6.43. The Balaban J connectivity index is 2.09. The smallest absolute Gasteiger partial charge is 0.337 e. The molecular formula is C22H28F3N3OS2. The molecule has 0 saturated carbocycles. The monoisotopic (exact) mass is 471 g/mol. The molecule has 1 heterocycles. The summed E-state index contributed by atoms with van der Waals surface area (Å²) in [5.41, 5.74) is 3.47. The van der Waals surface area contributed by atoms with Gasteiger partial charge < -0.3 is 10.6 Å². The zero-order chi connectivity index (χ0) is 23.0. The standard InChI is InChI=1S/C22H28F3N3OS2/c1-14-7-5-8-16(11-14)17(9-6-10-22(23,24)25)13-26-21(29)28-19-18(30-3)12-15(2)27-20(19)31-4/h5,7-8,11-12,17H,6,9-10,13H2,1-4H3,(H2,26,28,29). The van der Waals surface area contributed by atoms with E-state index in [0.717, 1.165) is 26.7 Å². The van der Waals surface area contributed by atoms with Crippen LogP contribution in [0.25, 0.3) is 0 Å². The molecule has 0 aliphatic rings. The molecule has 2 rings (SSSR count). The molecule has 1 unspecified atom stereocenters. The van der Waals surface area contributed by atoms with E-state index in [0.29, 0.717) is 12.1 Å². The van der Waals surface area contributed by atoms with Crippen LogP contribution < -0.4 is 10.6 Å². The highest BCUT2D eigenvalue weighted by Gasteiger charge is 2.27. The first kappa shape index (κ1) is 25.4. The first-order valence-electron chi connectivity index (χ1n) is 9.90. The molecule has 31 heavy (non-hydrogen) atoms. The number of hydrogen-bond acceptors (Lipinski definition) is 4. The van der Waals surface area contributed by atoms with Crippen LogP contribution in [0.5, 0.6) is 0 Å². The fourth-order valence-corrected chi connectivity index (χ4v) is 4.58. The fraction of sp³-hybridized carbons (Fsp3) is 0.455. The summed E-state index contributed by atoms with van der Waals surface area (Å²) in [6, 6.07) is 9.19. The second-order valence-corrected chi connectivity index (χ2v) is 8.95. The number of hydrogen-bond donors (Lipinski definition) is 2. The van der Waals surface area contributed by atoms with Gasteiger partial charge in [0.05, 0.1) is 5.69 Å². The van der Waals surface area contributed by atoms with E-state index < -0.39 is 18.6 Å². The van der Waals surface area contributed by atoms with Crippen molar-refractivity contribution in [2.75, 3.05) is 24.4 Å². The SMILES string of the molecule is CSc1cc(C)nc(SC)c1NC(=O)NCC(CCCC(F)(F)F)c1cccc(C)c1. The van der Waals surface area contributed by atoms with Crippen molar-refractivity contribution < 1.29 is 18.0 Å². The number of carbonyl (C=O) groups is 1. The molecule has 2 amide bonds. The summed E-state index contributed by atoms with van der Waals surface area (Å²) in [5.74, 6) is -0.204. The van der Waals surface area contributed by atoms with Crippen LogP contribution in [0.3, 0.4) is 0 Å². The molecule has 170 valence electrons. The Morgan fingerprint density at radius 2 is 1.90 bits per heavy atom. The van der Waals surface area contributed by atoms with Gasteiger partial charge in [0, 0.05) is 29.5 Å². The number of rotatable bonds is 9. The molecule has 9 heteroatoms. The number of thioether (sulfide) groups is 2. The van der Waals surface area contributed by atoms with E-state index in [1.165, 1.54) is 23.5 Å². The van der Waals surface area contributed by atoms with Crippen LogP contribution in [0.15, 0.2) is 40.3 Å². The van der Waals surface area contributed by atoms with Crippen molar-refractivity contribution in [1.82, 2.24) is 10.3 Å². The van der Waals surface area contributed by atoms with Gasteiger partial charge in [-0.05, 0) is 50.8 Å². The maximum atomic E-state index is 12.6. The van der Waals surface area contributed by atoms with Gasteiger partial charge in [0.15, 0.2) is 0 Å². The van der Waals surface area contributed by atoms with Gasteiger partial charge in [-0.3, -0.25) is 0 Å². The third kappa shape index (κ3) is 8.29. The van der Waals surface area contributed by atoms with Crippen LogP contribution in [-0.2, 0) is 0 Å². The zero-order valence-corrected chi connectivity index (χ0v) is 19.7. The van der Waals surface area contributed by atoms with E-state index in [-0.39, 0.29) is 18.9 Å². The van der Waals surface area contributed by atoms with E-state index in [1.807, 2.05) is 56.7 Å². The Labute approximate surface area is 190 Å². The number of aryl methyl sites for hydroxylation is 2. The van der Waals surface area contributed by atoms with Gasteiger partial charge in [-0.2, -0.15) is 13.2 Å². The van der Waals surface area contributed by atoms with Crippen molar-refractivity contribution in [1.29, 1.82) is 0 Å². The summed E-state index contributed by atoms with van der Waals surface area (Å²) in [6.07, 6.45) is -0.838. The van der Waals surface area contributed by atoms with E-state index in [4.69, 9.17) is 0 Å². The fourth-order valence-electron chi connectivity index (χ4n) is 3.27. The maximum Gasteiger partial charge on any atom is 0.389 e. The third-order valence-electron chi connectivity index (χ3n) is 4.77. The molecule has 0 bridgehead atoms. The molecular weight excluding hydrogens is 443 g/mol. The number of aromatic nitrogens is 1. The van der Waals surface area contributed by atoms with E-state index in [2.05, 4.69) is 15.6 Å². The van der Waals surface area contributed by atoms with E-state index in [1.54, 1.807) is 0 Å². The molecule has 2 aromatic rings. The lowest BCUT2D eigenvalue weighted by Gasteiger charge is -2.20. The number of nitrogens with zero attached hydrogens (tertiary/aromatic N) is 1. The number of urea groups is 1. The van der Waals surface area contributed by atoms with Gasteiger partial charge in [-0.25, -0.2) is 9.78 Å². The van der Waals surface area contributed by atoms with E-state index in [9.17, 15) is 18.0 Å². The second-order valence-electron chi connectivity index (χ2n) is 7.30. The summed E-state index contributed by atoms with van der Waals surface area (Å²) in [4.78, 5) is 18.0. The number of pyridine rings is 1. The zero-order valence-electron chi connectivity index (χ0n) is 18.1.